The highest BCUT2D eigenvalue weighted by molar-refractivity contribution is 7.99. The standard InChI is InChI=1S/C14H27NO2S/c1-3-12(16-4-2)13(15)11-5-7-17-14(9-11)6-8-18-10-14/h11-13H,3-10,15H2,1-2H3. The normalized spacial score (nSPS) is 35.8. The van der Waals surface area contributed by atoms with Crippen LogP contribution in [0.5, 0.6) is 0 Å². The van der Waals surface area contributed by atoms with Crippen LogP contribution in [0.3, 0.4) is 0 Å². The van der Waals surface area contributed by atoms with E-state index in [4.69, 9.17) is 15.2 Å². The van der Waals surface area contributed by atoms with Gasteiger partial charge in [-0.15, -0.1) is 0 Å². The van der Waals surface area contributed by atoms with Crippen LogP contribution in [-0.4, -0.2) is 42.5 Å². The van der Waals surface area contributed by atoms with Gasteiger partial charge in [0, 0.05) is 25.0 Å². The molecular formula is C14H27NO2S. The topological polar surface area (TPSA) is 44.5 Å². The number of rotatable bonds is 5. The predicted octanol–water partition coefficient (Wildman–Crippen LogP) is 2.43. The predicted molar refractivity (Wildman–Crippen MR) is 77.0 cm³/mol. The summed E-state index contributed by atoms with van der Waals surface area (Å²) >= 11 is 2.02. The first kappa shape index (κ1) is 14.6. The molecule has 0 bridgehead atoms. The van der Waals surface area contributed by atoms with Gasteiger partial charge in [0.25, 0.3) is 0 Å². The van der Waals surface area contributed by atoms with E-state index in [1.165, 1.54) is 12.2 Å². The Hall–Kier alpha value is 0.230. The Balaban J connectivity index is 1.94. The highest BCUT2D eigenvalue weighted by Gasteiger charge is 2.43. The molecule has 3 nitrogen and oxygen atoms in total. The SMILES string of the molecule is CCOC(CC)C(N)C1CCOC2(CCSC2)C1. The lowest BCUT2D eigenvalue weighted by Crippen LogP contribution is -2.50. The highest BCUT2D eigenvalue weighted by Crippen LogP contribution is 2.41. The third kappa shape index (κ3) is 3.21. The average molecular weight is 273 g/mol. The van der Waals surface area contributed by atoms with Crippen LogP contribution >= 0.6 is 11.8 Å². The van der Waals surface area contributed by atoms with E-state index in [1.807, 2.05) is 11.8 Å². The summed E-state index contributed by atoms with van der Waals surface area (Å²) < 4.78 is 11.8. The summed E-state index contributed by atoms with van der Waals surface area (Å²) in [5, 5.41) is 0. The summed E-state index contributed by atoms with van der Waals surface area (Å²) in [5.41, 5.74) is 6.59. The lowest BCUT2D eigenvalue weighted by molar-refractivity contribution is -0.0937. The smallest absolute Gasteiger partial charge is 0.0783 e. The Bertz CT molecular complexity index is 256. The fraction of sp³-hybridized carbons (Fsp3) is 1.00. The van der Waals surface area contributed by atoms with E-state index in [-0.39, 0.29) is 17.7 Å². The van der Waals surface area contributed by atoms with Gasteiger partial charge in [0.1, 0.15) is 0 Å². The molecule has 1 spiro atoms. The first-order chi connectivity index (χ1) is 8.71. The van der Waals surface area contributed by atoms with Crippen molar-refractivity contribution < 1.29 is 9.47 Å². The number of thioether (sulfide) groups is 1. The van der Waals surface area contributed by atoms with Gasteiger partial charge >= 0.3 is 0 Å². The van der Waals surface area contributed by atoms with Crippen LogP contribution in [0.1, 0.15) is 39.5 Å². The van der Waals surface area contributed by atoms with Crippen molar-refractivity contribution in [2.24, 2.45) is 11.7 Å². The van der Waals surface area contributed by atoms with E-state index in [0.717, 1.165) is 38.2 Å². The minimum Gasteiger partial charge on any atom is -0.377 e. The lowest BCUT2D eigenvalue weighted by atomic mass is 9.79. The quantitative estimate of drug-likeness (QED) is 0.835. The van der Waals surface area contributed by atoms with Gasteiger partial charge in [-0.1, -0.05) is 6.92 Å². The Labute approximate surface area is 115 Å². The van der Waals surface area contributed by atoms with E-state index in [9.17, 15) is 0 Å². The van der Waals surface area contributed by atoms with Crippen LogP contribution in [-0.2, 0) is 9.47 Å². The maximum atomic E-state index is 6.45. The molecule has 0 aromatic rings. The maximum absolute atomic E-state index is 6.45. The lowest BCUT2D eigenvalue weighted by Gasteiger charge is -2.41. The second-order valence-corrected chi connectivity index (χ2v) is 6.67. The number of ether oxygens (including phenoxy) is 2. The van der Waals surface area contributed by atoms with E-state index < -0.39 is 0 Å². The zero-order chi connectivity index (χ0) is 13.0. The Morgan fingerprint density at radius 2 is 2.33 bits per heavy atom. The molecular weight excluding hydrogens is 246 g/mol. The largest absolute Gasteiger partial charge is 0.377 e. The summed E-state index contributed by atoms with van der Waals surface area (Å²) in [7, 11) is 0. The van der Waals surface area contributed by atoms with Gasteiger partial charge in [0.2, 0.25) is 0 Å². The molecule has 0 aromatic heterocycles. The van der Waals surface area contributed by atoms with E-state index >= 15 is 0 Å². The van der Waals surface area contributed by atoms with E-state index in [2.05, 4.69) is 13.8 Å². The molecule has 4 unspecified atom stereocenters. The molecule has 0 aromatic carbocycles. The van der Waals surface area contributed by atoms with Crippen LogP contribution in [0.2, 0.25) is 0 Å². The average Bonchev–Trinajstić information content (AvgIpc) is 2.83. The van der Waals surface area contributed by atoms with Gasteiger partial charge < -0.3 is 15.2 Å². The third-order valence-electron chi connectivity index (χ3n) is 4.35. The second kappa shape index (κ2) is 6.60. The Kier molecular flexibility index (Phi) is 5.36. The molecule has 0 saturated carbocycles. The molecule has 18 heavy (non-hydrogen) atoms. The molecule has 4 atom stereocenters. The van der Waals surface area contributed by atoms with Crippen molar-refractivity contribution in [2.45, 2.75) is 57.3 Å². The summed E-state index contributed by atoms with van der Waals surface area (Å²) in [6.45, 7) is 5.85. The maximum Gasteiger partial charge on any atom is 0.0783 e. The summed E-state index contributed by atoms with van der Waals surface area (Å²) in [4.78, 5) is 0. The van der Waals surface area contributed by atoms with Gasteiger partial charge in [-0.3, -0.25) is 0 Å². The van der Waals surface area contributed by atoms with Crippen LogP contribution in [0, 0.1) is 5.92 Å². The molecule has 2 heterocycles. The third-order valence-corrected chi connectivity index (χ3v) is 5.58. The van der Waals surface area contributed by atoms with Crippen LogP contribution in [0.25, 0.3) is 0 Å². The molecule has 4 heteroatoms. The molecule has 2 saturated heterocycles. The molecule has 0 radical (unpaired) electrons. The first-order valence-corrected chi connectivity index (χ1v) is 8.45. The van der Waals surface area contributed by atoms with Crippen molar-refractivity contribution in [3.8, 4) is 0 Å². The monoisotopic (exact) mass is 273 g/mol. The van der Waals surface area contributed by atoms with Crippen LogP contribution < -0.4 is 5.73 Å². The van der Waals surface area contributed by atoms with E-state index in [1.54, 1.807) is 0 Å². The second-order valence-electron chi connectivity index (χ2n) is 5.57. The fourth-order valence-corrected chi connectivity index (χ4v) is 4.65. The summed E-state index contributed by atoms with van der Waals surface area (Å²) in [6.07, 6.45) is 4.65. The van der Waals surface area contributed by atoms with Gasteiger partial charge in [0.05, 0.1) is 11.7 Å². The molecule has 2 N–H and O–H groups in total. The van der Waals surface area contributed by atoms with Crippen LogP contribution in [0.4, 0.5) is 0 Å². The molecule has 0 amide bonds. The van der Waals surface area contributed by atoms with Crippen molar-refractivity contribution in [1.82, 2.24) is 0 Å². The fourth-order valence-electron chi connectivity index (χ4n) is 3.28. The molecule has 2 rings (SSSR count). The van der Waals surface area contributed by atoms with Gasteiger partial charge in [-0.2, -0.15) is 11.8 Å². The Morgan fingerprint density at radius 1 is 1.50 bits per heavy atom. The minimum atomic E-state index is 0.135. The summed E-state index contributed by atoms with van der Waals surface area (Å²) in [6, 6.07) is 0.168. The molecule has 2 fully saturated rings. The number of hydrogen-bond acceptors (Lipinski definition) is 4. The minimum absolute atomic E-state index is 0.135. The van der Waals surface area contributed by atoms with Crippen molar-refractivity contribution in [2.75, 3.05) is 24.7 Å². The zero-order valence-electron chi connectivity index (χ0n) is 11.7. The van der Waals surface area contributed by atoms with Crippen molar-refractivity contribution in [1.29, 1.82) is 0 Å². The molecule has 106 valence electrons. The highest BCUT2D eigenvalue weighted by atomic mass is 32.2. The molecule has 2 aliphatic rings. The van der Waals surface area contributed by atoms with Crippen LogP contribution in [0.15, 0.2) is 0 Å². The van der Waals surface area contributed by atoms with Gasteiger partial charge in [-0.05, 0) is 44.3 Å². The van der Waals surface area contributed by atoms with Gasteiger partial charge in [-0.25, -0.2) is 0 Å². The first-order valence-electron chi connectivity index (χ1n) is 7.29. The molecule has 0 aliphatic carbocycles. The van der Waals surface area contributed by atoms with Crippen molar-refractivity contribution >= 4 is 11.8 Å². The van der Waals surface area contributed by atoms with Crippen molar-refractivity contribution in [3.63, 3.8) is 0 Å². The molecule has 2 aliphatic heterocycles. The summed E-state index contributed by atoms with van der Waals surface area (Å²) in [5.74, 6) is 2.96. The zero-order valence-corrected chi connectivity index (χ0v) is 12.5. The number of hydrogen-bond donors (Lipinski definition) is 1. The number of nitrogens with two attached hydrogens (primary N) is 1. The van der Waals surface area contributed by atoms with Gasteiger partial charge in [0.15, 0.2) is 0 Å². The van der Waals surface area contributed by atoms with E-state index in [0.29, 0.717) is 5.92 Å². The van der Waals surface area contributed by atoms with Crippen molar-refractivity contribution in [3.05, 3.63) is 0 Å². The Morgan fingerprint density at radius 3 is 2.94 bits per heavy atom.